The van der Waals surface area contributed by atoms with Crippen molar-refractivity contribution in [3.05, 3.63) is 0 Å². The third kappa shape index (κ3) is 4.77. The van der Waals surface area contributed by atoms with E-state index in [2.05, 4.69) is 0 Å². The van der Waals surface area contributed by atoms with Crippen molar-refractivity contribution in [2.24, 2.45) is 17.6 Å². The van der Waals surface area contributed by atoms with Crippen LogP contribution in [0.4, 0.5) is 0 Å². The second kappa shape index (κ2) is 6.09. The third-order valence-corrected chi connectivity index (χ3v) is 1.98. The van der Waals surface area contributed by atoms with Gasteiger partial charge in [0.05, 0.1) is 6.54 Å². The molecule has 6 nitrogen and oxygen atoms in total. The number of hydrogen-bond donors (Lipinski definition) is 2. The summed E-state index contributed by atoms with van der Waals surface area (Å²) in [5.74, 6) is -3.45. The molecule has 6 heteroatoms. The molecule has 0 bridgehead atoms. The van der Waals surface area contributed by atoms with Gasteiger partial charge in [-0.05, 0) is 12.8 Å². The molecule has 1 unspecified atom stereocenters. The number of nitrogens with zero attached hydrogens (tertiary/aromatic N) is 1. The standard InChI is InChI=1S/C10H18N2O4/c1-6(2)4-12(5-8(11)13)9(14)7(3)10(15)16/h6-7H,4-5H2,1-3H3,(H2,11,13)(H,15,16). The predicted molar refractivity (Wildman–Crippen MR) is 57.4 cm³/mol. The van der Waals surface area contributed by atoms with Crippen molar-refractivity contribution >= 4 is 17.8 Å². The van der Waals surface area contributed by atoms with E-state index in [1.165, 1.54) is 11.8 Å². The summed E-state index contributed by atoms with van der Waals surface area (Å²) < 4.78 is 0. The first-order chi connectivity index (χ1) is 7.25. The number of carbonyl (C=O) groups is 3. The zero-order valence-electron chi connectivity index (χ0n) is 9.77. The first-order valence-corrected chi connectivity index (χ1v) is 5.05. The van der Waals surface area contributed by atoms with Crippen LogP contribution in [0.15, 0.2) is 0 Å². The molecule has 3 N–H and O–H groups in total. The van der Waals surface area contributed by atoms with Crippen LogP contribution in [-0.2, 0) is 14.4 Å². The van der Waals surface area contributed by atoms with Crippen molar-refractivity contribution < 1.29 is 19.5 Å². The fourth-order valence-electron chi connectivity index (χ4n) is 1.24. The molecular weight excluding hydrogens is 212 g/mol. The summed E-state index contributed by atoms with van der Waals surface area (Å²) in [6.45, 7) is 5.10. The smallest absolute Gasteiger partial charge is 0.315 e. The predicted octanol–water partition coefficient (Wildman–Crippen LogP) is -0.323. The monoisotopic (exact) mass is 230 g/mol. The lowest BCUT2D eigenvalue weighted by Crippen LogP contribution is -2.44. The average Bonchev–Trinajstić information content (AvgIpc) is 2.12. The van der Waals surface area contributed by atoms with E-state index in [0.29, 0.717) is 6.54 Å². The fourth-order valence-corrected chi connectivity index (χ4v) is 1.24. The van der Waals surface area contributed by atoms with E-state index in [1.54, 1.807) is 0 Å². The van der Waals surface area contributed by atoms with Crippen molar-refractivity contribution in [2.45, 2.75) is 20.8 Å². The van der Waals surface area contributed by atoms with E-state index in [1.807, 2.05) is 13.8 Å². The van der Waals surface area contributed by atoms with Crippen molar-refractivity contribution in [3.8, 4) is 0 Å². The van der Waals surface area contributed by atoms with E-state index in [-0.39, 0.29) is 12.5 Å². The number of rotatable bonds is 6. The van der Waals surface area contributed by atoms with Crippen LogP contribution in [-0.4, -0.2) is 40.9 Å². The summed E-state index contributed by atoms with van der Waals surface area (Å²) in [5.41, 5.74) is 5.00. The van der Waals surface area contributed by atoms with Crippen LogP contribution in [0, 0.1) is 11.8 Å². The number of hydrogen-bond acceptors (Lipinski definition) is 3. The maximum atomic E-state index is 11.7. The zero-order chi connectivity index (χ0) is 12.9. The molecule has 1 atom stereocenters. The van der Waals surface area contributed by atoms with Crippen molar-refractivity contribution in [2.75, 3.05) is 13.1 Å². The van der Waals surface area contributed by atoms with Crippen molar-refractivity contribution in [3.63, 3.8) is 0 Å². The lowest BCUT2D eigenvalue weighted by Gasteiger charge is -2.24. The number of carboxylic acids is 1. The molecule has 0 saturated heterocycles. The molecule has 0 aliphatic carbocycles. The Bertz CT molecular complexity index is 289. The summed E-state index contributed by atoms with van der Waals surface area (Å²) in [6.07, 6.45) is 0. The van der Waals surface area contributed by atoms with Crippen LogP contribution in [0.2, 0.25) is 0 Å². The van der Waals surface area contributed by atoms with E-state index < -0.39 is 23.7 Å². The average molecular weight is 230 g/mol. The molecule has 0 saturated carbocycles. The van der Waals surface area contributed by atoms with Crippen molar-refractivity contribution in [1.29, 1.82) is 0 Å². The summed E-state index contributed by atoms with van der Waals surface area (Å²) in [4.78, 5) is 34.3. The Hall–Kier alpha value is -1.59. The summed E-state index contributed by atoms with van der Waals surface area (Å²) in [5, 5.41) is 8.71. The topological polar surface area (TPSA) is 101 Å². The highest BCUT2D eigenvalue weighted by Crippen LogP contribution is 2.06. The molecule has 0 aromatic heterocycles. The highest BCUT2D eigenvalue weighted by molar-refractivity contribution is 5.97. The molecule has 0 spiro atoms. The minimum absolute atomic E-state index is 0.143. The fraction of sp³-hybridized carbons (Fsp3) is 0.700. The first kappa shape index (κ1) is 14.4. The SMILES string of the molecule is CC(C)CN(CC(N)=O)C(=O)C(C)C(=O)O. The van der Waals surface area contributed by atoms with Gasteiger partial charge in [-0.2, -0.15) is 0 Å². The van der Waals surface area contributed by atoms with Crippen LogP contribution in [0.5, 0.6) is 0 Å². The summed E-state index contributed by atoms with van der Waals surface area (Å²) in [6, 6.07) is 0. The molecule has 0 fully saturated rings. The molecule has 0 rings (SSSR count). The minimum Gasteiger partial charge on any atom is -0.481 e. The molecule has 92 valence electrons. The van der Waals surface area contributed by atoms with Gasteiger partial charge in [-0.25, -0.2) is 0 Å². The highest BCUT2D eigenvalue weighted by atomic mass is 16.4. The van der Waals surface area contributed by atoms with Gasteiger partial charge < -0.3 is 15.7 Å². The normalized spacial score (nSPS) is 12.2. The Labute approximate surface area is 94.4 Å². The van der Waals surface area contributed by atoms with Gasteiger partial charge >= 0.3 is 5.97 Å². The Kier molecular flexibility index (Phi) is 5.49. The maximum absolute atomic E-state index is 11.7. The van der Waals surface area contributed by atoms with Gasteiger partial charge in [0, 0.05) is 6.54 Å². The second-order valence-electron chi connectivity index (χ2n) is 4.14. The van der Waals surface area contributed by atoms with Gasteiger partial charge in [0.15, 0.2) is 0 Å². The summed E-state index contributed by atoms with van der Waals surface area (Å²) in [7, 11) is 0. The molecule has 0 aromatic carbocycles. The quantitative estimate of drug-likeness (QED) is 0.610. The molecule has 2 amide bonds. The number of amides is 2. The van der Waals surface area contributed by atoms with E-state index in [4.69, 9.17) is 10.8 Å². The summed E-state index contributed by atoms with van der Waals surface area (Å²) >= 11 is 0. The van der Waals surface area contributed by atoms with Crippen LogP contribution < -0.4 is 5.73 Å². The molecule has 0 aliphatic rings. The minimum atomic E-state index is -1.21. The van der Waals surface area contributed by atoms with Crippen LogP contribution >= 0.6 is 0 Å². The molecule has 0 aromatic rings. The number of carboxylic acid groups (broad SMARTS) is 1. The molecule has 0 radical (unpaired) electrons. The Morgan fingerprint density at radius 3 is 2.06 bits per heavy atom. The van der Waals surface area contributed by atoms with Crippen LogP contribution in [0.3, 0.4) is 0 Å². The lowest BCUT2D eigenvalue weighted by atomic mass is 10.1. The van der Waals surface area contributed by atoms with Gasteiger partial charge in [-0.1, -0.05) is 13.8 Å². The Morgan fingerprint density at radius 1 is 1.25 bits per heavy atom. The van der Waals surface area contributed by atoms with Crippen molar-refractivity contribution in [1.82, 2.24) is 4.90 Å². The largest absolute Gasteiger partial charge is 0.481 e. The van der Waals surface area contributed by atoms with Gasteiger partial charge in [-0.3, -0.25) is 14.4 Å². The third-order valence-electron chi connectivity index (χ3n) is 1.98. The van der Waals surface area contributed by atoms with Gasteiger partial charge in [0.2, 0.25) is 11.8 Å². The number of aliphatic carboxylic acids is 1. The Balaban J connectivity index is 4.67. The van der Waals surface area contributed by atoms with Crippen LogP contribution in [0.1, 0.15) is 20.8 Å². The number of carbonyl (C=O) groups excluding carboxylic acids is 2. The van der Waals surface area contributed by atoms with Gasteiger partial charge in [0.1, 0.15) is 5.92 Å². The van der Waals surface area contributed by atoms with Gasteiger partial charge in [0.25, 0.3) is 0 Å². The molecule has 16 heavy (non-hydrogen) atoms. The second-order valence-corrected chi connectivity index (χ2v) is 4.14. The zero-order valence-corrected chi connectivity index (χ0v) is 9.77. The molecular formula is C10H18N2O4. The highest BCUT2D eigenvalue weighted by Gasteiger charge is 2.27. The Morgan fingerprint density at radius 2 is 1.75 bits per heavy atom. The van der Waals surface area contributed by atoms with E-state index in [9.17, 15) is 14.4 Å². The van der Waals surface area contributed by atoms with Crippen LogP contribution in [0.25, 0.3) is 0 Å². The first-order valence-electron chi connectivity index (χ1n) is 5.05. The van der Waals surface area contributed by atoms with E-state index in [0.717, 1.165) is 0 Å². The lowest BCUT2D eigenvalue weighted by molar-refractivity contribution is -0.151. The number of nitrogens with two attached hydrogens (primary N) is 1. The van der Waals surface area contributed by atoms with E-state index >= 15 is 0 Å². The molecule has 0 heterocycles. The number of primary amides is 1. The molecule has 0 aliphatic heterocycles. The maximum Gasteiger partial charge on any atom is 0.315 e. The van der Waals surface area contributed by atoms with Gasteiger partial charge in [-0.15, -0.1) is 0 Å².